The molecule has 0 aliphatic rings. The molecule has 0 amide bonds. The number of ether oxygens (including phenoxy) is 1. The minimum atomic E-state index is -1.29. The van der Waals surface area contributed by atoms with E-state index >= 15 is 0 Å². The Balaban J connectivity index is 2.07. The minimum absolute atomic E-state index is 0.289. The van der Waals surface area contributed by atoms with Gasteiger partial charge in [0.15, 0.2) is 11.2 Å². The van der Waals surface area contributed by atoms with E-state index in [-0.39, 0.29) is 5.89 Å². The molecule has 1 heterocycles. The molecule has 4 nitrogen and oxygen atoms in total. The normalized spacial score (nSPS) is 14.1. The van der Waals surface area contributed by atoms with Crippen LogP contribution in [0.3, 0.4) is 0 Å². The SMILES string of the molecule is COc1ccc([C@@](C)(O)c2nc3c(C)cccc3o2)cc1. The second-order valence-corrected chi connectivity index (χ2v) is 5.24. The molecule has 0 radical (unpaired) electrons. The van der Waals surface area contributed by atoms with Crippen molar-refractivity contribution in [3.63, 3.8) is 0 Å². The van der Waals surface area contributed by atoms with Crippen LogP contribution in [0.15, 0.2) is 46.9 Å². The molecule has 0 saturated carbocycles. The first kappa shape index (κ1) is 13.6. The summed E-state index contributed by atoms with van der Waals surface area (Å²) in [5.41, 5.74) is 1.89. The monoisotopic (exact) mass is 283 g/mol. The van der Waals surface area contributed by atoms with Crippen molar-refractivity contribution in [2.24, 2.45) is 0 Å². The molecule has 3 rings (SSSR count). The topological polar surface area (TPSA) is 55.5 Å². The molecular formula is C17H17NO3. The number of para-hydroxylation sites is 1. The third-order valence-corrected chi connectivity index (χ3v) is 3.69. The second kappa shape index (κ2) is 4.90. The molecule has 0 bridgehead atoms. The number of aliphatic hydroxyl groups is 1. The van der Waals surface area contributed by atoms with Gasteiger partial charge in [-0.25, -0.2) is 4.98 Å². The number of methoxy groups -OCH3 is 1. The number of fused-ring (bicyclic) bond motifs is 1. The fraction of sp³-hybridized carbons (Fsp3) is 0.235. The number of nitrogens with zero attached hydrogens (tertiary/aromatic N) is 1. The molecule has 0 unspecified atom stereocenters. The Kier molecular flexibility index (Phi) is 3.18. The van der Waals surface area contributed by atoms with Gasteiger partial charge in [-0.1, -0.05) is 24.3 Å². The summed E-state index contributed by atoms with van der Waals surface area (Å²) < 4.78 is 10.9. The molecule has 3 aromatic rings. The third kappa shape index (κ3) is 2.28. The van der Waals surface area contributed by atoms with Gasteiger partial charge in [-0.05, 0) is 43.2 Å². The molecule has 4 heteroatoms. The number of aromatic nitrogens is 1. The van der Waals surface area contributed by atoms with Crippen molar-refractivity contribution in [3.05, 3.63) is 59.5 Å². The van der Waals surface area contributed by atoms with E-state index in [0.717, 1.165) is 16.8 Å². The average molecular weight is 283 g/mol. The molecule has 0 spiro atoms. The summed E-state index contributed by atoms with van der Waals surface area (Å²) in [7, 11) is 1.61. The minimum Gasteiger partial charge on any atom is -0.497 e. The summed E-state index contributed by atoms with van der Waals surface area (Å²) in [5, 5.41) is 10.8. The van der Waals surface area contributed by atoms with Crippen LogP contribution in [-0.4, -0.2) is 17.2 Å². The lowest BCUT2D eigenvalue weighted by molar-refractivity contribution is 0.0726. The van der Waals surface area contributed by atoms with Gasteiger partial charge in [-0.3, -0.25) is 0 Å². The van der Waals surface area contributed by atoms with Crippen LogP contribution in [0.2, 0.25) is 0 Å². The van der Waals surface area contributed by atoms with Gasteiger partial charge in [0.25, 0.3) is 0 Å². The van der Waals surface area contributed by atoms with Crippen molar-refractivity contribution in [1.29, 1.82) is 0 Å². The first-order valence-corrected chi connectivity index (χ1v) is 6.76. The van der Waals surface area contributed by atoms with Gasteiger partial charge >= 0.3 is 0 Å². The Morgan fingerprint density at radius 1 is 1.14 bits per heavy atom. The van der Waals surface area contributed by atoms with Gasteiger partial charge in [0.05, 0.1) is 7.11 Å². The maximum atomic E-state index is 10.8. The molecule has 2 aromatic carbocycles. The molecule has 108 valence electrons. The van der Waals surface area contributed by atoms with Gasteiger partial charge in [0.2, 0.25) is 5.89 Å². The molecule has 1 atom stereocenters. The molecule has 0 fully saturated rings. The summed E-state index contributed by atoms with van der Waals surface area (Å²) in [5.74, 6) is 1.03. The molecular weight excluding hydrogens is 266 g/mol. The fourth-order valence-corrected chi connectivity index (χ4v) is 2.33. The van der Waals surface area contributed by atoms with Crippen LogP contribution in [0.4, 0.5) is 0 Å². The molecule has 0 saturated heterocycles. The van der Waals surface area contributed by atoms with Gasteiger partial charge in [0, 0.05) is 0 Å². The number of benzene rings is 2. The van der Waals surface area contributed by atoms with Gasteiger partial charge < -0.3 is 14.3 Å². The quantitative estimate of drug-likeness (QED) is 0.800. The highest BCUT2D eigenvalue weighted by Gasteiger charge is 2.31. The summed E-state index contributed by atoms with van der Waals surface area (Å²) in [6.07, 6.45) is 0. The first-order chi connectivity index (χ1) is 10.0. The maximum absolute atomic E-state index is 10.8. The highest BCUT2D eigenvalue weighted by molar-refractivity contribution is 5.76. The van der Waals surface area contributed by atoms with E-state index in [9.17, 15) is 5.11 Å². The summed E-state index contributed by atoms with van der Waals surface area (Å²) in [6.45, 7) is 3.64. The number of aryl methyl sites for hydroxylation is 1. The zero-order chi connectivity index (χ0) is 15.0. The highest BCUT2D eigenvalue weighted by atomic mass is 16.5. The van der Waals surface area contributed by atoms with Crippen molar-refractivity contribution in [3.8, 4) is 5.75 Å². The van der Waals surface area contributed by atoms with E-state index in [1.807, 2.05) is 25.1 Å². The lowest BCUT2D eigenvalue weighted by Gasteiger charge is -2.20. The maximum Gasteiger partial charge on any atom is 0.231 e. The summed E-state index contributed by atoms with van der Waals surface area (Å²) >= 11 is 0. The van der Waals surface area contributed by atoms with Crippen LogP contribution in [0.5, 0.6) is 5.75 Å². The van der Waals surface area contributed by atoms with Gasteiger partial charge in [-0.15, -0.1) is 0 Å². The van der Waals surface area contributed by atoms with Crippen LogP contribution >= 0.6 is 0 Å². The fourth-order valence-electron chi connectivity index (χ4n) is 2.33. The lowest BCUT2D eigenvalue weighted by atomic mass is 9.96. The summed E-state index contributed by atoms with van der Waals surface area (Å²) in [6, 6.07) is 12.9. The largest absolute Gasteiger partial charge is 0.497 e. The first-order valence-electron chi connectivity index (χ1n) is 6.76. The highest BCUT2D eigenvalue weighted by Crippen LogP contribution is 2.32. The van der Waals surface area contributed by atoms with E-state index in [4.69, 9.17) is 9.15 Å². The molecule has 0 aliphatic carbocycles. The third-order valence-electron chi connectivity index (χ3n) is 3.69. The van der Waals surface area contributed by atoms with E-state index in [1.54, 1.807) is 38.3 Å². The van der Waals surface area contributed by atoms with Crippen LogP contribution in [0.1, 0.15) is 23.9 Å². The average Bonchev–Trinajstić information content (AvgIpc) is 2.94. The van der Waals surface area contributed by atoms with Crippen molar-refractivity contribution in [1.82, 2.24) is 4.98 Å². The second-order valence-electron chi connectivity index (χ2n) is 5.24. The Morgan fingerprint density at radius 2 is 1.86 bits per heavy atom. The zero-order valence-electron chi connectivity index (χ0n) is 12.3. The van der Waals surface area contributed by atoms with E-state index in [0.29, 0.717) is 11.1 Å². The Hall–Kier alpha value is -2.33. The van der Waals surface area contributed by atoms with E-state index in [1.165, 1.54) is 0 Å². The van der Waals surface area contributed by atoms with Crippen LogP contribution in [0, 0.1) is 6.92 Å². The standard InChI is InChI=1S/C17H17NO3/c1-11-5-4-6-14-15(11)18-16(21-14)17(2,19)12-7-9-13(20-3)10-8-12/h4-10,19H,1-3H3/t17-/m1/s1. The van der Waals surface area contributed by atoms with Crippen molar-refractivity contribution >= 4 is 11.1 Å². The Labute approximate surface area is 123 Å². The van der Waals surface area contributed by atoms with Gasteiger partial charge in [-0.2, -0.15) is 0 Å². The molecule has 21 heavy (non-hydrogen) atoms. The van der Waals surface area contributed by atoms with Crippen molar-refractivity contribution in [2.75, 3.05) is 7.11 Å². The Bertz CT molecular complexity index is 772. The number of hydrogen-bond acceptors (Lipinski definition) is 4. The van der Waals surface area contributed by atoms with Crippen LogP contribution in [-0.2, 0) is 5.60 Å². The lowest BCUT2D eigenvalue weighted by Crippen LogP contribution is -2.23. The van der Waals surface area contributed by atoms with Gasteiger partial charge in [0.1, 0.15) is 11.3 Å². The number of rotatable bonds is 3. The van der Waals surface area contributed by atoms with Crippen LogP contribution < -0.4 is 4.74 Å². The molecule has 1 aromatic heterocycles. The van der Waals surface area contributed by atoms with E-state index in [2.05, 4.69) is 4.98 Å². The van der Waals surface area contributed by atoms with E-state index < -0.39 is 5.60 Å². The Morgan fingerprint density at radius 3 is 2.48 bits per heavy atom. The predicted octanol–water partition coefficient (Wildman–Crippen LogP) is 3.40. The van der Waals surface area contributed by atoms with Crippen molar-refractivity contribution < 1.29 is 14.3 Å². The van der Waals surface area contributed by atoms with Crippen molar-refractivity contribution in [2.45, 2.75) is 19.4 Å². The predicted molar refractivity (Wildman–Crippen MR) is 80.4 cm³/mol. The summed E-state index contributed by atoms with van der Waals surface area (Å²) in [4.78, 5) is 4.45. The smallest absolute Gasteiger partial charge is 0.231 e. The number of hydrogen-bond donors (Lipinski definition) is 1. The number of oxazole rings is 1. The molecule has 0 aliphatic heterocycles. The molecule has 1 N–H and O–H groups in total. The zero-order valence-corrected chi connectivity index (χ0v) is 12.3. The van der Waals surface area contributed by atoms with Crippen LogP contribution in [0.25, 0.3) is 11.1 Å².